The van der Waals surface area contributed by atoms with Crippen molar-refractivity contribution in [3.8, 4) is 5.75 Å². The van der Waals surface area contributed by atoms with E-state index in [0.29, 0.717) is 44.0 Å². The number of benzene rings is 2. The number of nitrogens with zero attached hydrogens (tertiary/aromatic N) is 2. The van der Waals surface area contributed by atoms with E-state index in [0.717, 1.165) is 16.3 Å². The summed E-state index contributed by atoms with van der Waals surface area (Å²) >= 11 is 1.52. The molecular formula is C23H27N3O5S2. The van der Waals surface area contributed by atoms with Crippen LogP contribution in [-0.2, 0) is 19.4 Å². The van der Waals surface area contributed by atoms with Gasteiger partial charge >= 0.3 is 0 Å². The van der Waals surface area contributed by atoms with Crippen LogP contribution in [-0.4, -0.2) is 69.9 Å². The summed E-state index contributed by atoms with van der Waals surface area (Å²) in [5.41, 5.74) is 1.59. The number of carbonyl (C=O) groups is 2. The van der Waals surface area contributed by atoms with Gasteiger partial charge in [-0.1, -0.05) is 0 Å². The van der Waals surface area contributed by atoms with Gasteiger partial charge in [-0.05, 0) is 42.5 Å². The number of sulfone groups is 1. The van der Waals surface area contributed by atoms with Gasteiger partial charge in [-0.15, -0.1) is 11.8 Å². The predicted octanol–water partition coefficient (Wildman–Crippen LogP) is 2.64. The summed E-state index contributed by atoms with van der Waals surface area (Å²) in [6, 6.07) is 12.6. The lowest BCUT2D eigenvalue weighted by Crippen LogP contribution is -2.49. The number of carbonyl (C=O) groups excluding carboxylic acids is 2. The first-order chi connectivity index (χ1) is 15.9. The van der Waals surface area contributed by atoms with Crippen molar-refractivity contribution in [1.29, 1.82) is 0 Å². The summed E-state index contributed by atoms with van der Waals surface area (Å²) < 4.78 is 30.9. The van der Waals surface area contributed by atoms with Crippen molar-refractivity contribution in [3.05, 3.63) is 42.5 Å². The molecule has 0 aromatic heterocycles. The molecule has 2 amide bonds. The van der Waals surface area contributed by atoms with Crippen LogP contribution in [0.25, 0.3) is 0 Å². The van der Waals surface area contributed by atoms with Crippen molar-refractivity contribution in [2.75, 3.05) is 55.0 Å². The quantitative estimate of drug-likeness (QED) is 0.666. The number of nitrogens with one attached hydrogen (secondary N) is 1. The number of methoxy groups -OCH3 is 1. The van der Waals surface area contributed by atoms with Gasteiger partial charge in [-0.2, -0.15) is 0 Å². The molecule has 2 aliphatic rings. The molecular weight excluding hydrogens is 462 g/mol. The fraction of sp³-hybridized carbons (Fsp3) is 0.391. The largest absolute Gasteiger partial charge is 0.497 e. The number of rotatable bonds is 6. The van der Waals surface area contributed by atoms with Crippen molar-refractivity contribution in [2.45, 2.75) is 22.6 Å². The Morgan fingerprint density at radius 2 is 1.82 bits per heavy atom. The lowest BCUT2D eigenvalue weighted by molar-refractivity contribution is -0.131. The number of piperazine rings is 1. The molecule has 0 radical (unpaired) electrons. The zero-order valence-electron chi connectivity index (χ0n) is 18.5. The summed E-state index contributed by atoms with van der Waals surface area (Å²) in [5.74, 6) is 0.908. The second-order valence-electron chi connectivity index (χ2n) is 7.94. The molecule has 0 atom stereocenters. The lowest BCUT2D eigenvalue weighted by Gasteiger charge is -2.36. The van der Waals surface area contributed by atoms with Crippen LogP contribution in [0.2, 0.25) is 0 Å². The number of hydrogen-bond acceptors (Lipinski definition) is 7. The fourth-order valence-electron chi connectivity index (χ4n) is 3.90. The zero-order valence-corrected chi connectivity index (χ0v) is 20.1. The van der Waals surface area contributed by atoms with Crippen LogP contribution in [0.3, 0.4) is 0 Å². The Morgan fingerprint density at radius 1 is 1.09 bits per heavy atom. The molecule has 0 unspecified atom stereocenters. The average Bonchev–Trinajstić information content (AvgIpc) is 3.02. The molecule has 8 nitrogen and oxygen atoms in total. The number of ether oxygens (including phenoxy) is 1. The van der Waals surface area contributed by atoms with Crippen molar-refractivity contribution in [1.82, 2.24) is 4.90 Å². The summed E-state index contributed by atoms with van der Waals surface area (Å²) in [6.07, 6.45) is 0.324. The second-order valence-corrected chi connectivity index (χ2v) is 11.2. The maximum absolute atomic E-state index is 12.9. The second kappa shape index (κ2) is 10.0. The number of fused-ring (bicyclic) bond motifs is 1. The van der Waals surface area contributed by atoms with Crippen molar-refractivity contribution >= 4 is 44.8 Å². The molecule has 10 heteroatoms. The summed E-state index contributed by atoms with van der Waals surface area (Å²) in [7, 11) is -2.02. The van der Waals surface area contributed by atoms with E-state index in [1.54, 1.807) is 24.1 Å². The molecule has 2 heterocycles. The molecule has 2 aromatic carbocycles. The standard InChI is InChI=1S/C23H27N3O5S2/c1-31-18-4-2-17(3-5-18)25-10-12-26(13-11-25)23(28)9-15-33(29,30)19-6-7-21-20(16-19)24-22(27)8-14-32-21/h2-7,16H,8-15H2,1H3,(H,24,27). The topological polar surface area (TPSA) is 96.0 Å². The van der Waals surface area contributed by atoms with Gasteiger partial charge in [0.15, 0.2) is 9.84 Å². The van der Waals surface area contributed by atoms with Gasteiger partial charge in [-0.25, -0.2) is 8.42 Å². The van der Waals surface area contributed by atoms with Gasteiger partial charge < -0.3 is 19.9 Å². The molecule has 1 N–H and O–H groups in total. The molecule has 0 aliphatic carbocycles. The van der Waals surface area contributed by atoms with Crippen LogP contribution in [0.15, 0.2) is 52.3 Å². The molecule has 4 rings (SSSR count). The van der Waals surface area contributed by atoms with Gasteiger partial charge in [0.05, 0.1) is 23.4 Å². The molecule has 176 valence electrons. The monoisotopic (exact) mass is 489 g/mol. The first-order valence-electron chi connectivity index (χ1n) is 10.8. The fourth-order valence-corrected chi connectivity index (χ4v) is 6.09. The van der Waals surface area contributed by atoms with Crippen LogP contribution in [0.1, 0.15) is 12.8 Å². The smallest absolute Gasteiger partial charge is 0.225 e. The Balaban J connectivity index is 1.32. The first-order valence-corrected chi connectivity index (χ1v) is 13.5. The van der Waals surface area contributed by atoms with E-state index in [9.17, 15) is 18.0 Å². The van der Waals surface area contributed by atoms with Gasteiger partial charge in [0, 0.05) is 55.4 Å². The molecule has 0 bridgehead atoms. The van der Waals surface area contributed by atoms with E-state index >= 15 is 0 Å². The molecule has 1 fully saturated rings. The highest BCUT2D eigenvalue weighted by molar-refractivity contribution is 7.99. The Bertz CT molecular complexity index is 1130. The van der Waals surface area contributed by atoms with Crippen molar-refractivity contribution in [2.24, 2.45) is 0 Å². The normalized spacial score (nSPS) is 16.6. The third kappa shape index (κ3) is 5.62. The minimum Gasteiger partial charge on any atom is -0.497 e. The number of hydrogen-bond donors (Lipinski definition) is 1. The summed E-state index contributed by atoms with van der Waals surface area (Å²) in [4.78, 5) is 29.4. The van der Waals surface area contributed by atoms with Gasteiger partial charge in [0.25, 0.3) is 0 Å². The average molecular weight is 490 g/mol. The minimum atomic E-state index is -3.65. The van der Waals surface area contributed by atoms with Gasteiger partial charge in [0.1, 0.15) is 5.75 Å². The molecule has 1 saturated heterocycles. The highest BCUT2D eigenvalue weighted by atomic mass is 32.2. The predicted molar refractivity (Wildman–Crippen MR) is 129 cm³/mol. The number of thioether (sulfide) groups is 1. The van der Waals surface area contributed by atoms with Crippen molar-refractivity contribution in [3.63, 3.8) is 0 Å². The van der Waals surface area contributed by atoms with Crippen LogP contribution in [0.5, 0.6) is 5.75 Å². The Hall–Kier alpha value is -2.72. The molecule has 0 spiro atoms. The third-order valence-corrected chi connectivity index (χ3v) is 8.61. The Labute approximate surface area is 198 Å². The molecule has 2 aliphatic heterocycles. The summed E-state index contributed by atoms with van der Waals surface area (Å²) in [5, 5.41) is 2.76. The van der Waals surface area contributed by atoms with Crippen LogP contribution in [0, 0.1) is 0 Å². The number of amides is 2. The third-order valence-electron chi connectivity index (χ3n) is 5.83. The Morgan fingerprint density at radius 3 is 2.52 bits per heavy atom. The van der Waals surface area contributed by atoms with E-state index < -0.39 is 9.84 Å². The zero-order chi connectivity index (χ0) is 23.4. The van der Waals surface area contributed by atoms with Gasteiger partial charge in [-0.3, -0.25) is 9.59 Å². The molecule has 33 heavy (non-hydrogen) atoms. The lowest BCUT2D eigenvalue weighted by atomic mass is 10.2. The van der Waals surface area contributed by atoms with E-state index in [1.807, 2.05) is 24.3 Å². The molecule has 0 saturated carbocycles. The maximum Gasteiger partial charge on any atom is 0.225 e. The number of anilines is 2. The van der Waals surface area contributed by atoms with E-state index in [2.05, 4.69) is 10.2 Å². The minimum absolute atomic E-state index is 0.0664. The van der Waals surface area contributed by atoms with Crippen molar-refractivity contribution < 1.29 is 22.7 Å². The molecule has 2 aromatic rings. The highest BCUT2D eigenvalue weighted by Crippen LogP contribution is 2.33. The van der Waals surface area contributed by atoms with E-state index in [1.165, 1.54) is 17.8 Å². The SMILES string of the molecule is COc1ccc(N2CCN(C(=O)CCS(=O)(=O)c3ccc4c(c3)NC(=O)CCS4)CC2)cc1. The van der Waals surface area contributed by atoms with Crippen LogP contribution >= 0.6 is 11.8 Å². The summed E-state index contributed by atoms with van der Waals surface area (Å²) in [6.45, 7) is 2.47. The van der Waals surface area contributed by atoms with Gasteiger partial charge in [0.2, 0.25) is 11.8 Å². The Kier molecular flexibility index (Phi) is 7.14. The van der Waals surface area contributed by atoms with E-state index in [4.69, 9.17) is 4.74 Å². The highest BCUT2D eigenvalue weighted by Gasteiger charge is 2.25. The first kappa shape index (κ1) is 23.4. The maximum atomic E-state index is 12.9. The van der Waals surface area contributed by atoms with Crippen LogP contribution in [0.4, 0.5) is 11.4 Å². The van der Waals surface area contributed by atoms with Crippen LogP contribution < -0.4 is 15.0 Å². The van der Waals surface area contributed by atoms with E-state index in [-0.39, 0.29) is 28.9 Å².